The van der Waals surface area contributed by atoms with Crippen molar-refractivity contribution in [3.05, 3.63) is 48.8 Å². The Balaban J connectivity index is 3.95. The number of allylic oxidation sites excluding steroid dienone is 7. The van der Waals surface area contributed by atoms with E-state index in [0.717, 1.165) is 70.6 Å². The zero-order valence-corrected chi connectivity index (χ0v) is 29.7. The van der Waals surface area contributed by atoms with Gasteiger partial charge in [-0.3, -0.25) is 9.32 Å². The van der Waals surface area contributed by atoms with Gasteiger partial charge in [0.1, 0.15) is 6.61 Å². The Hall–Kier alpha value is -1.66. The van der Waals surface area contributed by atoms with Crippen LogP contribution in [0.3, 0.4) is 0 Å². The number of phosphoric ester groups is 1. The number of hydrogen-bond acceptors (Lipinski definition) is 5. The van der Waals surface area contributed by atoms with E-state index in [9.17, 15) is 9.36 Å². The number of esters is 1. The highest BCUT2D eigenvalue weighted by Gasteiger charge is 2.21. The van der Waals surface area contributed by atoms with Crippen LogP contribution in [-0.4, -0.2) is 35.1 Å². The van der Waals surface area contributed by atoms with E-state index in [-0.39, 0.29) is 13.0 Å². The van der Waals surface area contributed by atoms with Gasteiger partial charge in [0.2, 0.25) is 0 Å². The molecule has 45 heavy (non-hydrogen) atoms. The summed E-state index contributed by atoms with van der Waals surface area (Å²) in [6, 6.07) is 0. The molecule has 0 amide bonds. The quantitative estimate of drug-likeness (QED) is 0.0239. The number of unbranched alkanes of at least 4 members (excludes halogenated alkanes) is 17. The van der Waals surface area contributed by atoms with Crippen molar-refractivity contribution in [1.29, 1.82) is 0 Å². The second-order valence-corrected chi connectivity index (χ2v) is 13.1. The zero-order chi connectivity index (χ0) is 33.1. The molecule has 0 saturated carbocycles. The molecule has 262 valence electrons. The normalized spacial score (nSPS) is 13.2. The van der Waals surface area contributed by atoms with E-state index < -0.39 is 26.5 Å². The molecule has 0 bridgehead atoms. The van der Waals surface area contributed by atoms with E-state index in [1.54, 1.807) is 6.26 Å². The molecular weight excluding hydrogens is 587 g/mol. The van der Waals surface area contributed by atoms with Crippen LogP contribution in [0.25, 0.3) is 0 Å². The molecule has 0 aromatic carbocycles. The van der Waals surface area contributed by atoms with Crippen LogP contribution in [0.5, 0.6) is 0 Å². The summed E-state index contributed by atoms with van der Waals surface area (Å²) in [6.07, 6.45) is 41.9. The predicted molar refractivity (Wildman–Crippen MR) is 188 cm³/mol. The Bertz CT molecular complexity index is 816. The fourth-order valence-corrected chi connectivity index (χ4v) is 5.19. The summed E-state index contributed by atoms with van der Waals surface area (Å²) in [4.78, 5) is 30.4. The van der Waals surface area contributed by atoms with Gasteiger partial charge in [0.15, 0.2) is 6.10 Å². The Kier molecular flexibility index (Phi) is 32.5. The van der Waals surface area contributed by atoms with Gasteiger partial charge >= 0.3 is 13.8 Å². The lowest BCUT2D eigenvalue weighted by molar-refractivity contribution is -0.153. The van der Waals surface area contributed by atoms with E-state index in [1.165, 1.54) is 70.6 Å². The summed E-state index contributed by atoms with van der Waals surface area (Å²) < 4.78 is 26.6. The van der Waals surface area contributed by atoms with Gasteiger partial charge in [0.25, 0.3) is 0 Å². The average Bonchev–Trinajstić information content (AvgIpc) is 3.01. The lowest BCUT2D eigenvalue weighted by atomic mass is 10.0. The molecule has 7 nitrogen and oxygen atoms in total. The van der Waals surface area contributed by atoms with Crippen LogP contribution in [0.1, 0.15) is 162 Å². The Morgan fingerprint density at radius 2 is 1.11 bits per heavy atom. The summed E-state index contributed by atoms with van der Waals surface area (Å²) in [6.45, 7) is 3.97. The largest absolute Gasteiger partial charge is 0.498 e. The highest BCUT2D eigenvalue weighted by molar-refractivity contribution is 7.46. The van der Waals surface area contributed by atoms with Crippen molar-refractivity contribution in [2.24, 2.45) is 0 Å². The molecule has 0 fully saturated rings. The molecule has 0 unspecified atom stereocenters. The highest BCUT2D eigenvalue weighted by atomic mass is 31.2. The SMILES string of the molecule is CC/C=C\C/C=C\C/C=C\CCCCCCCC(=O)O[C@H](CO/C=C\CCCCCCCCCCCCCC)COP(=O)(O)O. The summed E-state index contributed by atoms with van der Waals surface area (Å²) >= 11 is 0. The van der Waals surface area contributed by atoms with Gasteiger partial charge in [-0.1, -0.05) is 140 Å². The molecule has 0 aliphatic rings. The van der Waals surface area contributed by atoms with Crippen molar-refractivity contribution in [3.63, 3.8) is 0 Å². The molecule has 0 saturated heterocycles. The maximum Gasteiger partial charge on any atom is 0.469 e. The zero-order valence-electron chi connectivity index (χ0n) is 28.8. The Morgan fingerprint density at radius 1 is 0.622 bits per heavy atom. The number of carbonyl (C=O) groups excluding carboxylic acids is 1. The standard InChI is InChI=1S/C37H67O7P/c1-3-5-7-9-11-13-15-17-19-20-22-24-26-28-30-32-37(38)44-36(35-43-45(39,40)41)34-42-33-31-29-27-25-23-21-18-16-14-12-10-8-6-4-2/h5,7,11,13,17,19,31,33,36H,3-4,6,8-10,12,14-16,18,20-30,32,34-35H2,1-2H3,(H2,39,40,41)/b7-5-,13-11-,19-17-,33-31-/t36-/m1/s1. The molecule has 0 aliphatic carbocycles. The van der Waals surface area contributed by atoms with E-state index >= 15 is 0 Å². The number of ether oxygens (including phenoxy) is 2. The van der Waals surface area contributed by atoms with Crippen molar-refractivity contribution in [2.45, 2.75) is 168 Å². The van der Waals surface area contributed by atoms with Crippen molar-refractivity contribution >= 4 is 13.8 Å². The van der Waals surface area contributed by atoms with Crippen LogP contribution >= 0.6 is 7.82 Å². The van der Waals surface area contributed by atoms with Gasteiger partial charge in [0.05, 0.1) is 12.9 Å². The maximum atomic E-state index is 12.3. The first-order valence-electron chi connectivity index (χ1n) is 18.0. The smallest absolute Gasteiger partial charge is 0.469 e. The minimum atomic E-state index is -4.67. The summed E-state index contributed by atoms with van der Waals surface area (Å²) in [5, 5.41) is 0. The minimum Gasteiger partial charge on any atom is -0.498 e. The summed E-state index contributed by atoms with van der Waals surface area (Å²) in [5.41, 5.74) is 0. The van der Waals surface area contributed by atoms with E-state index in [2.05, 4.69) is 54.8 Å². The Labute approximate surface area is 276 Å². The van der Waals surface area contributed by atoms with Crippen molar-refractivity contribution < 1.29 is 33.1 Å². The van der Waals surface area contributed by atoms with Crippen LogP contribution in [0.2, 0.25) is 0 Å². The molecular formula is C37H67O7P. The van der Waals surface area contributed by atoms with E-state index in [1.807, 2.05) is 6.08 Å². The third-order valence-corrected chi connectivity index (χ3v) is 7.94. The van der Waals surface area contributed by atoms with Crippen molar-refractivity contribution in [3.8, 4) is 0 Å². The predicted octanol–water partition coefficient (Wildman–Crippen LogP) is 11.2. The van der Waals surface area contributed by atoms with Crippen molar-refractivity contribution in [2.75, 3.05) is 13.2 Å². The van der Waals surface area contributed by atoms with Crippen LogP contribution in [-0.2, 0) is 23.4 Å². The average molecular weight is 655 g/mol. The molecule has 0 heterocycles. The number of hydrogen-bond donors (Lipinski definition) is 2. The van der Waals surface area contributed by atoms with Crippen LogP contribution in [0.15, 0.2) is 48.8 Å². The molecule has 8 heteroatoms. The second-order valence-electron chi connectivity index (χ2n) is 11.9. The molecule has 0 aromatic rings. The molecule has 0 rings (SSSR count). The number of phosphoric acid groups is 1. The fraction of sp³-hybridized carbons (Fsp3) is 0.757. The number of rotatable bonds is 33. The third-order valence-electron chi connectivity index (χ3n) is 7.46. The third kappa shape index (κ3) is 36.7. The maximum absolute atomic E-state index is 12.3. The van der Waals surface area contributed by atoms with Gasteiger partial charge in [0, 0.05) is 6.42 Å². The van der Waals surface area contributed by atoms with Gasteiger partial charge in [-0.2, -0.15) is 0 Å². The minimum absolute atomic E-state index is 0.0140. The summed E-state index contributed by atoms with van der Waals surface area (Å²) in [5.74, 6) is -0.403. The highest BCUT2D eigenvalue weighted by Crippen LogP contribution is 2.35. The van der Waals surface area contributed by atoms with Gasteiger partial charge < -0.3 is 19.3 Å². The van der Waals surface area contributed by atoms with Crippen LogP contribution in [0, 0.1) is 0 Å². The van der Waals surface area contributed by atoms with Crippen LogP contribution < -0.4 is 0 Å². The Morgan fingerprint density at radius 3 is 1.67 bits per heavy atom. The molecule has 0 radical (unpaired) electrons. The fourth-order valence-electron chi connectivity index (χ4n) is 4.83. The van der Waals surface area contributed by atoms with Gasteiger partial charge in [-0.15, -0.1) is 0 Å². The summed E-state index contributed by atoms with van der Waals surface area (Å²) in [7, 11) is -4.67. The topological polar surface area (TPSA) is 102 Å². The van der Waals surface area contributed by atoms with Crippen LogP contribution in [0.4, 0.5) is 0 Å². The molecule has 1 atom stereocenters. The molecule has 2 N–H and O–H groups in total. The first kappa shape index (κ1) is 43.3. The molecule has 0 aliphatic heterocycles. The molecule has 0 spiro atoms. The van der Waals surface area contributed by atoms with Gasteiger partial charge in [-0.25, -0.2) is 4.57 Å². The molecule has 0 aromatic heterocycles. The second kappa shape index (κ2) is 33.7. The van der Waals surface area contributed by atoms with E-state index in [4.69, 9.17) is 19.3 Å². The first-order chi connectivity index (χ1) is 21.9. The monoisotopic (exact) mass is 654 g/mol. The first-order valence-corrected chi connectivity index (χ1v) is 19.5. The van der Waals surface area contributed by atoms with Gasteiger partial charge in [-0.05, 0) is 57.4 Å². The van der Waals surface area contributed by atoms with Crippen molar-refractivity contribution in [1.82, 2.24) is 0 Å². The van der Waals surface area contributed by atoms with E-state index in [0.29, 0.717) is 0 Å². The lowest BCUT2D eigenvalue weighted by Crippen LogP contribution is -2.27. The lowest BCUT2D eigenvalue weighted by Gasteiger charge is -2.18. The number of carbonyl (C=O) groups is 1.